The van der Waals surface area contributed by atoms with Crippen LogP contribution in [0, 0.1) is 10.1 Å². The Morgan fingerprint density at radius 3 is 2.60 bits per heavy atom. The summed E-state index contributed by atoms with van der Waals surface area (Å²) in [6.45, 7) is 1.77. The molecule has 0 atom stereocenters. The van der Waals surface area contributed by atoms with Crippen LogP contribution in [0.15, 0.2) is 36.4 Å². The minimum Gasteiger partial charge on any atom is -0.494 e. The third kappa shape index (κ3) is 5.23. The number of amides is 1. The summed E-state index contributed by atoms with van der Waals surface area (Å²) in [5.74, 6) is 0.0529. The smallest absolute Gasteiger partial charge is 0.296 e. The van der Waals surface area contributed by atoms with Gasteiger partial charge in [0.2, 0.25) is 0 Å². The average Bonchev–Trinajstić information content (AvgIpc) is 2.55. The van der Waals surface area contributed by atoms with E-state index in [0.717, 1.165) is 0 Å². The summed E-state index contributed by atoms with van der Waals surface area (Å²) in [5, 5.41) is 14.3. The van der Waals surface area contributed by atoms with Crippen molar-refractivity contribution >= 4 is 40.5 Å². The summed E-state index contributed by atoms with van der Waals surface area (Å²) in [6.07, 6.45) is 0. The molecule has 0 saturated carbocycles. The van der Waals surface area contributed by atoms with Crippen molar-refractivity contribution in [3.05, 3.63) is 56.6 Å². The minimum absolute atomic E-state index is 0.0456. The van der Waals surface area contributed by atoms with Crippen LogP contribution in [0.4, 0.5) is 11.4 Å². The van der Waals surface area contributed by atoms with Crippen LogP contribution in [0.25, 0.3) is 0 Å². The van der Waals surface area contributed by atoms with Gasteiger partial charge in [-0.05, 0) is 37.3 Å². The second-order valence-corrected chi connectivity index (χ2v) is 5.62. The first-order chi connectivity index (χ1) is 11.9. The van der Waals surface area contributed by atoms with Crippen molar-refractivity contribution in [2.24, 2.45) is 0 Å². The second kappa shape index (κ2) is 8.55. The Morgan fingerprint density at radius 2 is 1.96 bits per heavy atom. The number of hydrogen-bond acceptors (Lipinski definition) is 5. The van der Waals surface area contributed by atoms with Crippen LogP contribution in [0.1, 0.15) is 6.92 Å². The molecule has 1 N–H and O–H groups in total. The zero-order valence-corrected chi connectivity index (χ0v) is 14.6. The quantitative estimate of drug-likeness (QED) is 0.566. The van der Waals surface area contributed by atoms with Crippen LogP contribution in [0.3, 0.4) is 0 Å². The summed E-state index contributed by atoms with van der Waals surface area (Å²) in [4.78, 5) is 22.5. The van der Waals surface area contributed by atoms with Crippen LogP contribution in [-0.2, 0) is 4.79 Å². The molecule has 0 aliphatic rings. The second-order valence-electron chi connectivity index (χ2n) is 4.78. The lowest BCUT2D eigenvalue weighted by molar-refractivity contribution is -0.384. The number of benzene rings is 2. The van der Waals surface area contributed by atoms with Gasteiger partial charge in [-0.3, -0.25) is 14.9 Å². The highest BCUT2D eigenvalue weighted by atomic mass is 35.5. The van der Waals surface area contributed by atoms with Crippen LogP contribution in [-0.4, -0.2) is 24.0 Å². The van der Waals surface area contributed by atoms with Crippen LogP contribution < -0.4 is 14.8 Å². The van der Waals surface area contributed by atoms with E-state index in [-0.39, 0.29) is 28.8 Å². The lowest BCUT2D eigenvalue weighted by Crippen LogP contribution is -2.20. The third-order valence-corrected chi connectivity index (χ3v) is 3.53. The van der Waals surface area contributed by atoms with E-state index in [4.69, 9.17) is 32.7 Å². The van der Waals surface area contributed by atoms with E-state index in [9.17, 15) is 14.9 Å². The maximum Gasteiger partial charge on any atom is 0.296 e. The number of nitrogens with zero attached hydrogens (tertiary/aromatic N) is 1. The summed E-state index contributed by atoms with van der Waals surface area (Å²) in [6, 6.07) is 8.75. The van der Waals surface area contributed by atoms with Gasteiger partial charge in [0.15, 0.2) is 6.61 Å². The number of carbonyl (C=O) groups is 1. The standard InChI is InChI=1S/C16H14Cl2N2O5/c1-2-24-11-4-5-13(14(8-11)20(22)23)19-16(21)9-25-15-6-3-10(17)7-12(15)18/h3-8H,2,9H2,1H3,(H,19,21). The molecule has 1 amide bonds. The van der Waals surface area contributed by atoms with Gasteiger partial charge >= 0.3 is 0 Å². The molecule has 0 fully saturated rings. The van der Waals surface area contributed by atoms with Gasteiger partial charge in [-0.1, -0.05) is 23.2 Å². The highest BCUT2D eigenvalue weighted by Gasteiger charge is 2.18. The molecule has 2 aromatic rings. The SMILES string of the molecule is CCOc1ccc(NC(=O)COc2ccc(Cl)cc2Cl)c([N+](=O)[O-])c1. The molecular formula is C16H14Cl2N2O5. The summed E-state index contributed by atoms with van der Waals surface area (Å²) >= 11 is 11.7. The molecule has 0 aromatic heterocycles. The normalized spacial score (nSPS) is 10.2. The topological polar surface area (TPSA) is 90.7 Å². The van der Waals surface area contributed by atoms with Crippen LogP contribution >= 0.6 is 23.2 Å². The van der Waals surface area contributed by atoms with Gasteiger partial charge in [-0.15, -0.1) is 0 Å². The number of halogens is 2. The van der Waals surface area contributed by atoms with Crippen molar-refractivity contribution in [1.29, 1.82) is 0 Å². The Morgan fingerprint density at radius 1 is 1.20 bits per heavy atom. The number of nitro groups is 1. The highest BCUT2D eigenvalue weighted by molar-refractivity contribution is 6.35. The first-order valence-electron chi connectivity index (χ1n) is 7.19. The van der Waals surface area contributed by atoms with Crippen LogP contribution in [0.2, 0.25) is 10.0 Å². The molecule has 0 aliphatic carbocycles. The zero-order chi connectivity index (χ0) is 18.4. The monoisotopic (exact) mass is 384 g/mol. The summed E-state index contributed by atoms with van der Waals surface area (Å²) < 4.78 is 10.5. The first kappa shape index (κ1) is 18.8. The third-order valence-electron chi connectivity index (χ3n) is 3.00. The van der Waals surface area contributed by atoms with E-state index in [1.165, 1.54) is 30.3 Å². The van der Waals surface area contributed by atoms with Crippen molar-refractivity contribution in [3.63, 3.8) is 0 Å². The molecule has 2 rings (SSSR count). The summed E-state index contributed by atoms with van der Waals surface area (Å²) in [7, 11) is 0. The van der Waals surface area contributed by atoms with Gasteiger partial charge in [0.1, 0.15) is 17.2 Å². The number of ether oxygens (including phenoxy) is 2. The van der Waals surface area contributed by atoms with Gasteiger partial charge in [-0.2, -0.15) is 0 Å². The maximum absolute atomic E-state index is 12.0. The Balaban J connectivity index is 2.05. The molecule has 0 spiro atoms. The number of carbonyl (C=O) groups excluding carboxylic acids is 1. The number of nitrogens with one attached hydrogen (secondary N) is 1. The Kier molecular flexibility index (Phi) is 6.44. The van der Waals surface area contributed by atoms with Gasteiger partial charge in [-0.25, -0.2) is 0 Å². The molecule has 25 heavy (non-hydrogen) atoms. The van der Waals surface area contributed by atoms with Gasteiger partial charge < -0.3 is 14.8 Å². The molecule has 2 aromatic carbocycles. The Labute approximate surface area is 153 Å². The van der Waals surface area contributed by atoms with E-state index < -0.39 is 10.8 Å². The summed E-state index contributed by atoms with van der Waals surface area (Å²) in [5.41, 5.74) is -0.229. The van der Waals surface area contributed by atoms with Crippen molar-refractivity contribution in [1.82, 2.24) is 0 Å². The van der Waals surface area contributed by atoms with E-state index >= 15 is 0 Å². The lowest BCUT2D eigenvalue weighted by atomic mass is 10.2. The number of nitro benzene ring substituents is 1. The average molecular weight is 385 g/mol. The van der Waals surface area contributed by atoms with E-state index in [0.29, 0.717) is 17.4 Å². The fourth-order valence-electron chi connectivity index (χ4n) is 1.95. The van der Waals surface area contributed by atoms with Crippen molar-refractivity contribution in [3.8, 4) is 11.5 Å². The number of anilines is 1. The predicted octanol–water partition coefficient (Wildman–Crippen LogP) is 4.32. The van der Waals surface area contributed by atoms with Crippen molar-refractivity contribution in [2.75, 3.05) is 18.5 Å². The molecule has 0 bridgehead atoms. The van der Waals surface area contributed by atoms with Gasteiger partial charge in [0.25, 0.3) is 11.6 Å². The van der Waals surface area contributed by atoms with E-state index in [1.807, 2.05) is 0 Å². The Hall–Kier alpha value is -2.51. The van der Waals surface area contributed by atoms with Crippen molar-refractivity contribution < 1.29 is 19.2 Å². The highest BCUT2D eigenvalue weighted by Crippen LogP contribution is 2.30. The predicted molar refractivity (Wildman–Crippen MR) is 94.9 cm³/mol. The molecule has 0 heterocycles. The van der Waals surface area contributed by atoms with Crippen LogP contribution in [0.5, 0.6) is 11.5 Å². The number of hydrogen-bond donors (Lipinski definition) is 1. The van der Waals surface area contributed by atoms with E-state index in [1.54, 1.807) is 13.0 Å². The van der Waals surface area contributed by atoms with E-state index in [2.05, 4.69) is 5.32 Å². The lowest BCUT2D eigenvalue weighted by Gasteiger charge is -2.10. The van der Waals surface area contributed by atoms with Gasteiger partial charge in [0, 0.05) is 5.02 Å². The molecule has 7 nitrogen and oxygen atoms in total. The maximum atomic E-state index is 12.0. The molecule has 0 unspecified atom stereocenters. The fraction of sp³-hybridized carbons (Fsp3) is 0.188. The molecule has 0 saturated heterocycles. The van der Waals surface area contributed by atoms with Gasteiger partial charge in [0.05, 0.1) is 22.6 Å². The molecule has 0 aliphatic heterocycles. The molecular weight excluding hydrogens is 371 g/mol. The fourth-order valence-corrected chi connectivity index (χ4v) is 2.41. The Bertz CT molecular complexity index is 798. The number of rotatable bonds is 7. The molecule has 0 radical (unpaired) electrons. The molecule has 132 valence electrons. The minimum atomic E-state index is -0.602. The molecule has 9 heteroatoms. The van der Waals surface area contributed by atoms with Crippen molar-refractivity contribution in [2.45, 2.75) is 6.92 Å². The largest absolute Gasteiger partial charge is 0.494 e. The zero-order valence-electron chi connectivity index (χ0n) is 13.1. The first-order valence-corrected chi connectivity index (χ1v) is 7.95.